The first-order valence-corrected chi connectivity index (χ1v) is 13.0. The SMILES string of the molecule is COc1cc(Nc2nc(Nc3ccc(N4CCN(C(=O)OC(C)(C)C)CC4)cc3)ncc2Br)ccc1Cl. The lowest BCUT2D eigenvalue weighted by Gasteiger charge is -2.36. The van der Waals surface area contributed by atoms with E-state index in [0.29, 0.717) is 40.1 Å². The number of anilines is 5. The highest BCUT2D eigenvalue weighted by Gasteiger charge is 2.26. The van der Waals surface area contributed by atoms with Crippen LogP contribution in [0.15, 0.2) is 53.1 Å². The third-order valence-electron chi connectivity index (χ3n) is 5.58. The van der Waals surface area contributed by atoms with Crippen molar-refractivity contribution in [1.29, 1.82) is 0 Å². The molecular formula is C26H30BrClN6O3. The van der Waals surface area contributed by atoms with E-state index in [0.717, 1.165) is 30.2 Å². The lowest BCUT2D eigenvalue weighted by atomic mass is 10.2. The smallest absolute Gasteiger partial charge is 0.410 e. The van der Waals surface area contributed by atoms with E-state index in [2.05, 4.69) is 41.4 Å². The number of methoxy groups -OCH3 is 1. The fourth-order valence-electron chi connectivity index (χ4n) is 3.75. The number of aromatic nitrogens is 2. The topological polar surface area (TPSA) is 91.9 Å². The van der Waals surface area contributed by atoms with E-state index in [4.69, 9.17) is 21.1 Å². The van der Waals surface area contributed by atoms with Gasteiger partial charge in [0, 0.05) is 55.5 Å². The van der Waals surface area contributed by atoms with Gasteiger partial charge in [-0.05, 0) is 73.1 Å². The number of benzene rings is 2. The Bertz CT molecular complexity index is 1240. The standard InChI is InChI=1S/C26H30BrClN6O3/c1-26(2,3)37-25(35)34-13-11-33(12-14-34)19-8-5-17(6-9-19)31-24-29-16-20(27)23(32-24)30-18-7-10-21(28)22(15-18)36-4/h5-10,15-16H,11-14H2,1-4H3,(H2,29,30,31,32). The molecule has 37 heavy (non-hydrogen) atoms. The van der Waals surface area contributed by atoms with Crippen LogP contribution < -0.4 is 20.3 Å². The Hall–Kier alpha value is -3.24. The number of hydrogen-bond acceptors (Lipinski definition) is 8. The summed E-state index contributed by atoms with van der Waals surface area (Å²) in [5.74, 6) is 1.62. The first-order chi connectivity index (χ1) is 17.6. The molecule has 1 saturated heterocycles. The molecular weight excluding hydrogens is 560 g/mol. The van der Waals surface area contributed by atoms with Gasteiger partial charge in [0.05, 0.1) is 16.6 Å². The minimum Gasteiger partial charge on any atom is -0.495 e. The third kappa shape index (κ3) is 7.17. The van der Waals surface area contributed by atoms with Gasteiger partial charge >= 0.3 is 6.09 Å². The van der Waals surface area contributed by atoms with Gasteiger partial charge in [0.2, 0.25) is 5.95 Å². The van der Waals surface area contributed by atoms with Crippen molar-refractivity contribution in [3.63, 3.8) is 0 Å². The van der Waals surface area contributed by atoms with E-state index in [-0.39, 0.29) is 6.09 Å². The molecule has 3 aromatic rings. The number of ether oxygens (including phenoxy) is 2. The van der Waals surface area contributed by atoms with Crippen molar-refractivity contribution in [2.45, 2.75) is 26.4 Å². The van der Waals surface area contributed by atoms with Crippen molar-refractivity contribution in [3.8, 4) is 5.75 Å². The maximum Gasteiger partial charge on any atom is 0.410 e. The molecule has 0 spiro atoms. The summed E-state index contributed by atoms with van der Waals surface area (Å²) in [7, 11) is 1.57. The highest BCUT2D eigenvalue weighted by Crippen LogP contribution is 2.31. The van der Waals surface area contributed by atoms with Gasteiger partial charge in [-0.15, -0.1) is 0 Å². The van der Waals surface area contributed by atoms with E-state index in [1.54, 1.807) is 30.3 Å². The van der Waals surface area contributed by atoms with Crippen LogP contribution in [0.25, 0.3) is 0 Å². The Labute approximate surface area is 230 Å². The van der Waals surface area contributed by atoms with Gasteiger partial charge in [0.1, 0.15) is 17.2 Å². The maximum atomic E-state index is 12.3. The zero-order valence-electron chi connectivity index (χ0n) is 21.2. The van der Waals surface area contributed by atoms with Crippen LogP contribution in [-0.2, 0) is 4.74 Å². The van der Waals surface area contributed by atoms with E-state index >= 15 is 0 Å². The number of carbonyl (C=O) groups excluding carboxylic acids is 1. The highest BCUT2D eigenvalue weighted by atomic mass is 79.9. The largest absolute Gasteiger partial charge is 0.495 e. The third-order valence-corrected chi connectivity index (χ3v) is 6.47. The molecule has 1 amide bonds. The maximum absolute atomic E-state index is 12.3. The van der Waals surface area contributed by atoms with Gasteiger partial charge in [0.25, 0.3) is 0 Å². The molecule has 4 rings (SSSR count). The second kappa shape index (κ2) is 11.4. The molecule has 1 aliphatic rings. The average Bonchev–Trinajstić information content (AvgIpc) is 2.87. The van der Waals surface area contributed by atoms with Crippen LogP contribution in [0, 0.1) is 0 Å². The molecule has 0 radical (unpaired) electrons. The number of halogens is 2. The molecule has 0 aliphatic carbocycles. The van der Waals surface area contributed by atoms with Crippen LogP contribution in [0.3, 0.4) is 0 Å². The summed E-state index contributed by atoms with van der Waals surface area (Å²) in [4.78, 5) is 25.3. The van der Waals surface area contributed by atoms with Gasteiger partial charge in [0.15, 0.2) is 0 Å². The van der Waals surface area contributed by atoms with Crippen LogP contribution in [0.4, 0.5) is 33.6 Å². The summed E-state index contributed by atoms with van der Waals surface area (Å²) in [6.07, 6.45) is 1.42. The molecule has 9 nitrogen and oxygen atoms in total. The lowest BCUT2D eigenvalue weighted by molar-refractivity contribution is 0.0240. The molecule has 0 atom stereocenters. The molecule has 1 fully saturated rings. The van der Waals surface area contributed by atoms with Gasteiger partial charge < -0.3 is 29.9 Å². The summed E-state index contributed by atoms with van der Waals surface area (Å²) >= 11 is 9.62. The number of rotatable bonds is 6. The molecule has 0 unspecified atom stereocenters. The van der Waals surface area contributed by atoms with Crippen LogP contribution in [0.5, 0.6) is 5.75 Å². The van der Waals surface area contributed by atoms with Crippen molar-refractivity contribution in [2.24, 2.45) is 0 Å². The predicted octanol–water partition coefficient (Wildman–Crippen LogP) is 6.45. The zero-order chi connectivity index (χ0) is 26.6. The summed E-state index contributed by atoms with van der Waals surface area (Å²) in [6, 6.07) is 13.5. The second-order valence-electron chi connectivity index (χ2n) is 9.49. The molecule has 11 heteroatoms. The minimum absolute atomic E-state index is 0.259. The van der Waals surface area contributed by atoms with Crippen LogP contribution >= 0.6 is 27.5 Å². The Morgan fingerprint density at radius 1 is 1.03 bits per heavy atom. The molecule has 0 saturated carbocycles. The van der Waals surface area contributed by atoms with E-state index in [1.165, 1.54) is 0 Å². The van der Waals surface area contributed by atoms with Gasteiger partial charge in [-0.2, -0.15) is 4.98 Å². The van der Waals surface area contributed by atoms with E-state index in [1.807, 2.05) is 51.1 Å². The number of carbonyl (C=O) groups is 1. The van der Waals surface area contributed by atoms with Crippen LogP contribution in [-0.4, -0.2) is 59.9 Å². The average molecular weight is 590 g/mol. The number of nitrogens with zero attached hydrogens (tertiary/aromatic N) is 4. The van der Waals surface area contributed by atoms with Crippen LogP contribution in [0.2, 0.25) is 5.02 Å². The van der Waals surface area contributed by atoms with E-state index in [9.17, 15) is 4.79 Å². The van der Waals surface area contributed by atoms with Crippen molar-refractivity contribution in [3.05, 3.63) is 58.2 Å². The molecule has 2 aromatic carbocycles. The number of nitrogens with one attached hydrogen (secondary N) is 2. The Balaban J connectivity index is 1.37. The first kappa shape index (κ1) is 26.8. The minimum atomic E-state index is -0.490. The Morgan fingerprint density at radius 3 is 2.35 bits per heavy atom. The van der Waals surface area contributed by atoms with Crippen LogP contribution in [0.1, 0.15) is 20.8 Å². The second-order valence-corrected chi connectivity index (χ2v) is 10.8. The lowest BCUT2D eigenvalue weighted by Crippen LogP contribution is -2.50. The van der Waals surface area contributed by atoms with Gasteiger partial charge in [-0.25, -0.2) is 9.78 Å². The molecule has 1 aliphatic heterocycles. The number of hydrogen-bond donors (Lipinski definition) is 2. The zero-order valence-corrected chi connectivity index (χ0v) is 23.6. The fraction of sp³-hybridized carbons (Fsp3) is 0.346. The number of amides is 1. The first-order valence-electron chi connectivity index (χ1n) is 11.8. The summed E-state index contributed by atoms with van der Waals surface area (Å²) < 4.78 is 11.5. The summed E-state index contributed by atoms with van der Waals surface area (Å²) in [5.41, 5.74) is 2.24. The predicted molar refractivity (Wildman–Crippen MR) is 151 cm³/mol. The molecule has 1 aromatic heterocycles. The molecule has 196 valence electrons. The normalized spacial score (nSPS) is 13.8. The van der Waals surface area contributed by atoms with E-state index < -0.39 is 5.60 Å². The van der Waals surface area contributed by atoms with Crippen molar-refractivity contribution < 1.29 is 14.3 Å². The van der Waals surface area contributed by atoms with Crippen molar-refractivity contribution in [2.75, 3.05) is 48.8 Å². The fourth-order valence-corrected chi connectivity index (χ4v) is 4.23. The summed E-state index contributed by atoms with van der Waals surface area (Å²) in [6.45, 7) is 8.37. The highest BCUT2D eigenvalue weighted by molar-refractivity contribution is 9.10. The monoisotopic (exact) mass is 588 g/mol. The Morgan fingerprint density at radius 2 is 1.70 bits per heavy atom. The number of piperazine rings is 1. The molecule has 0 bridgehead atoms. The molecule has 2 heterocycles. The van der Waals surface area contributed by atoms with Crippen molar-refractivity contribution >= 4 is 62.5 Å². The van der Waals surface area contributed by atoms with Gasteiger partial charge in [-0.1, -0.05) is 11.6 Å². The Kier molecular flexibility index (Phi) is 8.29. The molecule has 2 N–H and O–H groups in total. The summed E-state index contributed by atoms with van der Waals surface area (Å²) in [5, 5.41) is 7.03. The van der Waals surface area contributed by atoms with Crippen molar-refractivity contribution in [1.82, 2.24) is 14.9 Å². The quantitative estimate of drug-likeness (QED) is 0.339. The van der Waals surface area contributed by atoms with Gasteiger partial charge in [-0.3, -0.25) is 0 Å².